The minimum Gasteiger partial charge on any atom is -0.497 e. The lowest BCUT2D eigenvalue weighted by Gasteiger charge is -2.03. The van der Waals surface area contributed by atoms with E-state index in [4.69, 9.17) is 4.74 Å². The molecular formula is C16H15O. The van der Waals surface area contributed by atoms with Crippen LogP contribution in [0.25, 0.3) is 0 Å². The van der Waals surface area contributed by atoms with Crippen molar-refractivity contribution in [3.05, 3.63) is 65.7 Å². The molecule has 1 heteroatoms. The molecule has 85 valence electrons. The maximum Gasteiger partial charge on any atom is 0.118 e. The highest BCUT2D eigenvalue weighted by Gasteiger charge is 2.39. The Morgan fingerprint density at radius 2 is 1.88 bits per heavy atom. The van der Waals surface area contributed by atoms with Crippen LogP contribution in [0.1, 0.15) is 29.4 Å². The van der Waals surface area contributed by atoms with Crippen LogP contribution in [-0.2, 0) is 0 Å². The molecule has 1 radical (unpaired) electrons. The van der Waals surface area contributed by atoms with E-state index in [1.54, 1.807) is 7.11 Å². The van der Waals surface area contributed by atoms with Gasteiger partial charge in [-0.2, -0.15) is 0 Å². The van der Waals surface area contributed by atoms with Crippen molar-refractivity contribution in [3.63, 3.8) is 0 Å². The zero-order chi connectivity index (χ0) is 11.7. The van der Waals surface area contributed by atoms with Gasteiger partial charge >= 0.3 is 0 Å². The van der Waals surface area contributed by atoms with Crippen LogP contribution in [-0.4, -0.2) is 7.11 Å². The number of hydrogen-bond donors (Lipinski definition) is 0. The summed E-state index contributed by atoms with van der Waals surface area (Å²) < 4.78 is 5.17. The topological polar surface area (TPSA) is 9.23 Å². The summed E-state index contributed by atoms with van der Waals surface area (Å²) in [6, 6.07) is 20.0. The molecule has 3 rings (SSSR count). The first kappa shape index (κ1) is 10.4. The van der Waals surface area contributed by atoms with Gasteiger partial charge in [0, 0.05) is 0 Å². The third-order valence-electron chi connectivity index (χ3n) is 3.47. The highest BCUT2D eigenvalue weighted by molar-refractivity contribution is 5.38. The van der Waals surface area contributed by atoms with Crippen molar-refractivity contribution in [2.45, 2.75) is 18.3 Å². The van der Waals surface area contributed by atoms with Gasteiger partial charge in [0.15, 0.2) is 0 Å². The summed E-state index contributed by atoms with van der Waals surface area (Å²) in [5, 5.41) is 0. The monoisotopic (exact) mass is 223 g/mol. The first-order valence-corrected chi connectivity index (χ1v) is 5.99. The van der Waals surface area contributed by atoms with Gasteiger partial charge in [-0.3, -0.25) is 0 Å². The first-order chi connectivity index (χ1) is 8.38. The van der Waals surface area contributed by atoms with E-state index in [-0.39, 0.29) is 0 Å². The number of methoxy groups -OCH3 is 1. The second-order valence-electron chi connectivity index (χ2n) is 4.54. The summed E-state index contributed by atoms with van der Waals surface area (Å²) in [6.07, 6.45) is 1.24. The number of ether oxygens (including phenoxy) is 1. The van der Waals surface area contributed by atoms with Gasteiger partial charge in [0.2, 0.25) is 0 Å². The van der Waals surface area contributed by atoms with E-state index in [2.05, 4.69) is 30.3 Å². The van der Waals surface area contributed by atoms with E-state index in [1.165, 1.54) is 17.5 Å². The molecule has 1 saturated carbocycles. The summed E-state index contributed by atoms with van der Waals surface area (Å²) >= 11 is 0. The Bertz CT molecular complexity index is 487. The first-order valence-electron chi connectivity index (χ1n) is 5.99. The standard InChI is InChI=1S/C16H15O/c1-17-14-9-7-13(8-10-14)16-11-15(16)12-5-3-2-4-6-12/h2-5,7-10,15-16H,11H2,1H3/t15-,16-/m1/s1. The molecule has 0 aliphatic heterocycles. The molecule has 1 fully saturated rings. The van der Waals surface area contributed by atoms with Crippen molar-refractivity contribution < 1.29 is 4.74 Å². The Labute approximate surface area is 102 Å². The van der Waals surface area contributed by atoms with Gasteiger partial charge in [-0.05, 0) is 47.6 Å². The normalized spacial score (nSPS) is 22.2. The van der Waals surface area contributed by atoms with Gasteiger partial charge in [-0.1, -0.05) is 36.4 Å². The Morgan fingerprint density at radius 1 is 1.06 bits per heavy atom. The zero-order valence-corrected chi connectivity index (χ0v) is 9.89. The molecule has 0 aromatic heterocycles. The molecule has 0 N–H and O–H groups in total. The molecule has 2 aromatic carbocycles. The average Bonchev–Trinajstić information content (AvgIpc) is 3.20. The predicted octanol–water partition coefficient (Wildman–Crippen LogP) is 3.77. The maximum atomic E-state index is 5.17. The second kappa shape index (κ2) is 4.25. The molecule has 0 saturated heterocycles. The smallest absolute Gasteiger partial charge is 0.118 e. The predicted molar refractivity (Wildman–Crippen MR) is 68.4 cm³/mol. The number of rotatable bonds is 3. The van der Waals surface area contributed by atoms with Crippen molar-refractivity contribution in [3.8, 4) is 5.75 Å². The second-order valence-corrected chi connectivity index (χ2v) is 4.54. The molecule has 0 spiro atoms. The van der Waals surface area contributed by atoms with Crippen LogP contribution in [0.4, 0.5) is 0 Å². The van der Waals surface area contributed by atoms with Gasteiger partial charge in [-0.15, -0.1) is 0 Å². The van der Waals surface area contributed by atoms with Gasteiger partial charge in [-0.25, -0.2) is 0 Å². The van der Waals surface area contributed by atoms with Gasteiger partial charge in [0.25, 0.3) is 0 Å². The summed E-state index contributed by atoms with van der Waals surface area (Å²) in [7, 11) is 1.70. The molecule has 2 atom stereocenters. The summed E-state index contributed by atoms with van der Waals surface area (Å²) in [5.74, 6) is 2.25. The van der Waals surface area contributed by atoms with E-state index >= 15 is 0 Å². The molecule has 1 nitrogen and oxygen atoms in total. The third-order valence-corrected chi connectivity index (χ3v) is 3.47. The summed E-state index contributed by atoms with van der Waals surface area (Å²) in [4.78, 5) is 0. The summed E-state index contributed by atoms with van der Waals surface area (Å²) in [5.41, 5.74) is 2.75. The quantitative estimate of drug-likeness (QED) is 0.769. The van der Waals surface area contributed by atoms with Crippen molar-refractivity contribution in [1.82, 2.24) is 0 Å². The molecule has 1 aliphatic rings. The fraction of sp³-hybridized carbons (Fsp3) is 0.250. The van der Waals surface area contributed by atoms with Crippen LogP contribution in [0, 0.1) is 6.07 Å². The number of benzene rings is 2. The van der Waals surface area contributed by atoms with E-state index < -0.39 is 0 Å². The van der Waals surface area contributed by atoms with Crippen LogP contribution >= 0.6 is 0 Å². The van der Waals surface area contributed by atoms with Gasteiger partial charge in [0.05, 0.1) is 7.11 Å². The fourth-order valence-corrected chi connectivity index (χ4v) is 2.40. The lowest BCUT2D eigenvalue weighted by molar-refractivity contribution is 0.414. The minimum atomic E-state index is 0.657. The minimum absolute atomic E-state index is 0.657. The van der Waals surface area contributed by atoms with Gasteiger partial charge < -0.3 is 4.74 Å². The molecule has 0 unspecified atom stereocenters. The largest absolute Gasteiger partial charge is 0.497 e. The van der Waals surface area contributed by atoms with E-state index in [9.17, 15) is 0 Å². The SMILES string of the molecule is COc1ccc([C@H]2C[C@@H]2c2[c]cccc2)cc1. The highest BCUT2D eigenvalue weighted by atomic mass is 16.5. The molecule has 0 bridgehead atoms. The average molecular weight is 223 g/mol. The van der Waals surface area contributed by atoms with Crippen molar-refractivity contribution in [1.29, 1.82) is 0 Å². The van der Waals surface area contributed by atoms with Gasteiger partial charge in [0.1, 0.15) is 5.75 Å². The molecule has 1 aliphatic carbocycles. The maximum absolute atomic E-state index is 5.17. The highest BCUT2D eigenvalue weighted by Crippen LogP contribution is 2.54. The molecule has 2 aromatic rings. The molecule has 17 heavy (non-hydrogen) atoms. The van der Waals surface area contributed by atoms with Crippen LogP contribution in [0.5, 0.6) is 5.75 Å². The third kappa shape index (κ3) is 2.05. The van der Waals surface area contributed by atoms with Crippen LogP contribution < -0.4 is 4.74 Å². The lowest BCUT2D eigenvalue weighted by atomic mass is 10.0. The van der Waals surface area contributed by atoms with E-state index in [0.29, 0.717) is 11.8 Å². The molecule has 0 amide bonds. The van der Waals surface area contributed by atoms with Crippen LogP contribution in [0.2, 0.25) is 0 Å². The van der Waals surface area contributed by atoms with Crippen LogP contribution in [0.15, 0.2) is 48.5 Å². The van der Waals surface area contributed by atoms with Crippen molar-refractivity contribution >= 4 is 0 Å². The fourth-order valence-electron chi connectivity index (χ4n) is 2.40. The molecule has 0 heterocycles. The van der Waals surface area contributed by atoms with E-state index in [0.717, 1.165) is 5.75 Å². The lowest BCUT2D eigenvalue weighted by Crippen LogP contribution is -1.86. The Balaban J connectivity index is 1.76. The zero-order valence-electron chi connectivity index (χ0n) is 9.89. The Morgan fingerprint density at radius 3 is 2.53 bits per heavy atom. The molecular weight excluding hydrogens is 208 g/mol. The van der Waals surface area contributed by atoms with Crippen molar-refractivity contribution in [2.24, 2.45) is 0 Å². The summed E-state index contributed by atoms with van der Waals surface area (Å²) in [6.45, 7) is 0. The van der Waals surface area contributed by atoms with Crippen LogP contribution in [0.3, 0.4) is 0 Å². The van der Waals surface area contributed by atoms with E-state index in [1.807, 2.05) is 24.3 Å². The Hall–Kier alpha value is -1.76. The Kier molecular flexibility index (Phi) is 2.60. The van der Waals surface area contributed by atoms with Crippen molar-refractivity contribution in [2.75, 3.05) is 7.11 Å². The number of hydrogen-bond acceptors (Lipinski definition) is 1.